The second kappa shape index (κ2) is 9.11. The molecule has 1 amide bonds. The number of carbonyl (C=O) groups is 1. The Morgan fingerprint density at radius 3 is 2.64 bits per heavy atom. The van der Waals surface area contributed by atoms with Gasteiger partial charge in [-0.15, -0.1) is 0 Å². The van der Waals surface area contributed by atoms with Crippen molar-refractivity contribution in [2.45, 2.75) is 58.3 Å². The van der Waals surface area contributed by atoms with E-state index in [4.69, 9.17) is 0 Å². The number of aromatic hydroxyl groups is 1. The first kappa shape index (κ1) is 23.8. The molecule has 4 N–H and O–H groups in total. The number of phenolic OH excluding ortho intramolecular Hbond substituents is 1. The third-order valence-corrected chi connectivity index (χ3v) is 8.22. The molecule has 1 saturated carbocycles. The maximum Gasteiger partial charge on any atom is 0.230 e. The van der Waals surface area contributed by atoms with Crippen LogP contribution in [-0.4, -0.2) is 39.5 Å². The van der Waals surface area contributed by atoms with Crippen LogP contribution >= 0.6 is 0 Å². The summed E-state index contributed by atoms with van der Waals surface area (Å²) in [6.07, 6.45) is 8.26. The number of carbonyl (C=O) groups excluding carboxylic acids is 1. The van der Waals surface area contributed by atoms with Gasteiger partial charge in [-0.1, -0.05) is 63.8 Å². The Balaban J connectivity index is 1.83. The van der Waals surface area contributed by atoms with E-state index in [-0.39, 0.29) is 35.5 Å². The molecule has 1 aliphatic heterocycles. The maximum atomic E-state index is 13.8. The van der Waals surface area contributed by atoms with Gasteiger partial charge in [0.05, 0.1) is 17.6 Å². The third kappa shape index (κ3) is 4.06. The molecule has 0 unspecified atom stereocenters. The van der Waals surface area contributed by atoms with E-state index in [1.54, 1.807) is 24.3 Å². The van der Waals surface area contributed by atoms with Crippen molar-refractivity contribution in [2.24, 2.45) is 35.0 Å². The molecule has 1 aromatic rings. The van der Waals surface area contributed by atoms with E-state index >= 15 is 0 Å². The average Bonchev–Trinajstić information content (AvgIpc) is 3.04. The van der Waals surface area contributed by atoms with E-state index in [0.29, 0.717) is 17.9 Å². The van der Waals surface area contributed by atoms with E-state index in [9.17, 15) is 20.1 Å². The molecule has 1 heterocycles. The second-order valence-corrected chi connectivity index (χ2v) is 10.6. The van der Waals surface area contributed by atoms with Gasteiger partial charge in [0.2, 0.25) is 5.91 Å². The first-order chi connectivity index (χ1) is 15.7. The van der Waals surface area contributed by atoms with Gasteiger partial charge in [0, 0.05) is 17.9 Å². The highest BCUT2D eigenvalue weighted by atomic mass is 16.3. The minimum atomic E-state index is -1.19. The Hall–Kier alpha value is -2.37. The number of rotatable bonds is 2. The summed E-state index contributed by atoms with van der Waals surface area (Å²) >= 11 is 0. The predicted octanol–water partition coefficient (Wildman–Crippen LogP) is 3.76. The summed E-state index contributed by atoms with van der Waals surface area (Å²) < 4.78 is 0. The van der Waals surface area contributed by atoms with E-state index in [2.05, 4.69) is 31.8 Å². The SMILES string of the molecule is C=C1[C@@H](C)[C@H]2[C@H](Cc3cccc(O)c3)NC(=O)[C@]23[C@H](O)/C=C/[C@@H](C)C[C@@H](C)C/C=C/[C@H]3[C@@H]1O. The number of hydrogen-bond donors (Lipinski definition) is 4. The van der Waals surface area contributed by atoms with Crippen molar-refractivity contribution in [1.82, 2.24) is 5.32 Å². The summed E-state index contributed by atoms with van der Waals surface area (Å²) in [6, 6.07) is 6.81. The summed E-state index contributed by atoms with van der Waals surface area (Å²) in [7, 11) is 0. The van der Waals surface area contributed by atoms with Crippen LogP contribution in [0.1, 0.15) is 39.2 Å². The molecule has 1 aromatic carbocycles. The number of amides is 1. The molecule has 5 heteroatoms. The molecule has 3 aliphatic rings. The highest BCUT2D eigenvalue weighted by molar-refractivity contribution is 5.88. The summed E-state index contributed by atoms with van der Waals surface area (Å²) in [5, 5.41) is 36.0. The largest absolute Gasteiger partial charge is 0.508 e. The Bertz CT molecular complexity index is 968. The highest BCUT2D eigenvalue weighted by Crippen LogP contribution is 2.57. The van der Waals surface area contributed by atoms with Crippen LogP contribution in [0.15, 0.2) is 60.7 Å². The monoisotopic (exact) mass is 451 g/mol. The van der Waals surface area contributed by atoms with Crippen molar-refractivity contribution in [3.8, 4) is 5.75 Å². The first-order valence-electron chi connectivity index (χ1n) is 12.1. The van der Waals surface area contributed by atoms with Gasteiger partial charge >= 0.3 is 0 Å². The lowest BCUT2D eigenvalue weighted by Crippen LogP contribution is -2.59. The normalized spacial score (nSPS) is 43.1. The molecule has 0 radical (unpaired) electrons. The Morgan fingerprint density at radius 1 is 1.15 bits per heavy atom. The van der Waals surface area contributed by atoms with Crippen LogP contribution in [0.3, 0.4) is 0 Å². The molecule has 33 heavy (non-hydrogen) atoms. The van der Waals surface area contributed by atoms with Crippen molar-refractivity contribution < 1.29 is 20.1 Å². The molecule has 0 aromatic heterocycles. The zero-order valence-electron chi connectivity index (χ0n) is 19.8. The molecular formula is C28H37NO4. The lowest BCUT2D eigenvalue weighted by atomic mass is 9.51. The van der Waals surface area contributed by atoms with Crippen molar-refractivity contribution in [3.63, 3.8) is 0 Å². The fraction of sp³-hybridized carbons (Fsp3) is 0.536. The van der Waals surface area contributed by atoms with Gasteiger partial charge in [-0.2, -0.15) is 0 Å². The lowest BCUT2D eigenvalue weighted by molar-refractivity contribution is -0.147. The fourth-order valence-corrected chi connectivity index (χ4v) is 6.62. The Labute approximate surface area is 196 Å². The van der Waals surface area contributed by atoms with Crippen LogP contribution in [0.5, 0.6) is 5.75 Å². The molecule has 1 saturated heterocycles. The zero-order valence-corrected chi connectivity index (χ0v) is 19.8. The highest BCUT2D eigenvalue weighted by Gasteiger charge is 2.67. The van der Waals surface area contributed by atoms with Crippen LogP contribution in [0.2, 0.25) is 0 Å². The summed E-state index contributed by atoms with van der Waals surface area (Å²) in [5.74, 6) is -0.292. The molecule has 178 valence electrons. The maximum absolute atomic E-state index is 13.8. The van der Waals surface area contributed by atoms with Gasteiger partial charge in [0.1, 0.15) is 5.75 Å². The molecule has 9 atom stereocenters. The summed E-state index contributed by atoms with van der Waals surface area (Å²) in [5.41, 5.74) is 0.426. The van der Waals surface area contributed by atoms with Crippen LogP contribution < -0.4 is 5.32 Å². The van der Waals surface area contributed by atoms with Crippen molar-refractivity contribution >= 4 is 5.91 Å². The van der Waals surface area contributed by atoms with Gasteiger partial charge in [-0.3, -0.25) is 4.79 Å². The number of benzene rings is 1. The van der Waals surface area contributed by atoms with E-state index in [1.807, 2.05) is 25.1 Å². The minimum absolute atomic E-state index is 0.171. The third-order valence-electron chi connectivity index (χ3n) is 8.22. The van der Waals surface area contributed by atoms with Crippen molar-refractivity contribution in [1.29, 1.82) is 0 Å². The van der Waals surface area contributed by atoms with Crippen LogP contribution in [0.25, 0.3) is 0 Å². The Morgan fingerprint density at radius 2 is 1.91 bits per heavy atom. The standard InChI is InChI=1S/C28H37NO4/c1-16-7-5-10-22-26(32)19(4)18(3)25-23(15-20-8-6-9-21(30)14-20)29-27(33)28(22,25)24(31)12-11-17(2)13-16/h5-6,8-12,14,16-18,22-26,30-32H,4,7,13,15H2,1-3H3,(H,29,33)/b10-5+,12-11+/t16-,17+,18+,22-,23-,24+,25-,26+,28+/m0/s1. The van der Waals surface area contributed by atoms with Crippen LogP contribution in [0, 0.1) is 35.0 Å². The van der Waals surface area contributed by atoms with Crippen molar-refractivity contribution in [2.75, 3.05) is 0 Å². The van der Waals surface area contributed by atoms with Gasteiger partial charge in [-0.05, 0) is 60.3 Å². The summed E-state index contributed by atoms with van der Waals surface area (Å²) in [6.45, 7) is 10.5. The topological polar surface area (TPSA) is 89.8 Å². The molecule has 2 fully saturated rings. The average molecular weight is 452 g/mol. The number of hydrogen-bond acceptors (Lipinski definition) is 4. The smallest absolute Gasteiger partial charge is 0.230 e. The second-order valence-electron chi connectivity index (χ2n) is 10.6. The van der Waals surface area contributed by atoms with Crippen LogP contribution in [0.4, 0.5) is 0 Å². The first-order valence-corrected chi connectivity index (χ1v) is 12.1. The molecule has 5 nitrogen and oxygen atoms in total. The van der Waals surface area contributed by atoms with E-state index in [1.165, 1.54) is 0 Å². The fourth-order valence-electron chi connectivity index (χ4n) is 6.62. The number of phenols is 1. The predicted molar refractivity (Wildman–Crippen MR) is 129 cm³/mol. The quantitative estimate of drug-likeness (QED) is 0.516. The molecular weight excluding hydrogens is 414 g/mol. The molecule has 2 aliphatic carbocycles. The van der Waals surface area contributed by atoms with E-state index in [0.717, 1.165) is 18.4 Å². The number of aliphatic hydroxyl groups is 2. The van der Waals surface area contributed by atoms with Gasteiger partial charge < -0.3 is 20.6 Å². The number of nitrogens with one attached hydrogen (secondary N) is 1. The number of aliphatic hydroxyl groups excluding tert-OH is 2. The van der Waals surface area contributed by atoms with Gasteiger partial charge in [0.25, 0.3) is 0 Å². The lowest BCUT2D eigenvalue weighted by Gasteiger charge is -2.51. The van der Waals surface area contributed by atoms with E-state index < -0.39 is 23.5 Å². The van der Waals surface area contributed by atoms with Gasteiger partial charge in [0.15, 0.2) is 0 Å². The number of allylic oxidation sites excluding steroid dienone is 2. The molecule has 1 spiro atoms. The zero-order chi connectivity index (χ0) is 23.9. The van der Waals surface area contributed by atoms with Gasteiger partial charge in [-0.25, -0.2) is 0 Å². The summed E-state index contributed by atoms with van der Waals surface area (Å²) in [4.78, 5) is 13.8. The minimum Gasteiger partial charge on any atom is -0.508 e. The van der Waals surface area contributed by atoms with Crippen molar-refractivity contribution in [3.05, 3.63) is 66.3 Å². The Kier molecular flexibility index (Phi) is 6.56. The molecule has 4 rings (SSSR count). The van der Waals surface area contributed by atoms with Crippen LogP contribution in [-0.2, 0) is 11.2 Å². The molecule has 0 bridgehead atoms.